The molecular formula is C19H19ClO6. The minimum atomic E-state index is -1.76. The average molecular weight is 379 g/mol. The number of carbonyl (C=O) groups is 1. The van der Waals surface area contributed by atoms with Crippen molar-refractivity contribution >= 4 is 17.6 Å². The summed E-state index contributed by atoms with van der Waals surface area (Å²) < 4.78 is 10.2. The number of aliphatic hydroxyl groups is 3. The second-order valence-electron chi connectivity index (χ2n) is 6.16. The minimum Gasteiger partial charge on any atom is -0.497 e. The molecule has 7 heteroatoms. The van der Waals surface area contributed by atoms with Gasteiger partial charge in [-0.1, -0.05) is 35.9 Å². The number of hydrogen-bond acceptors (Lipinski definition) is 6. The van der Waals surface area contributed by atoms with E-state index in [1.807, 2.05) is 24.3 Å². The molecule has 0 bridgehead atoms. The normalized spacial score (nSPS) is 25.7. The molecule has 0 aliphatic carbocycles. The summed E-state index contributed by atoms with van der Waals surface area (Å²) in [4.78, 5) is 11.7. The smallest absolute Gasteiger partial charge is 0.338 e. The number of ether oxygens (including phenoxy) is 2. The molecule has 0 aromatic heterocycles. The van der Waals surface area contributed by atoms with E-state index in [1.54, 1.807) is 25.3 Å². The summed E-state index contributed by atoms with van der Waals surface area (Å²) >= 11 is 6.28. The number of esters is 1. The van der Waals surface area contributed by atoms with Gasteiger partial charge >= 0.3 is 5.97 Å². The van der Waals surface area contributed by atoms with Gasteiger partial charge < -0.3 is 24.8 Å². The molecule has 1 heterocycles. The lowest BCUT2D eigenvalue weighted by Gasteiger charge is -2.34. The van der Waals surface area contributed by atoms with Crippen LogP contribution in [0.1, 0.15) is 22.8 Å². The van der Waals surface area contributed by atoms with Gasteiger partial charge in [-0.3, -0.25) is 0 Å². The SMILES string of the molecule is COc1ccc(Cc2cc([C@@H]3OC(=O)[C@@H](O)C(O)[C@H]3O)ccc2Cl)cc1. The Kier molecular flexibility index (Phi) is 5.48. The molecule has 1 fully saturated rings. The Morgan fingerprint density at radius 1 is 1.08 bits per heavy atom. The van der Waals surface area contributed by atoms with Crippen molar-refractivity contribution in [2.75, 3.05) is 7.11 Å². The third-order valence-corrected chi connectivity index (χ3v) is 4.79. The lowest BCUT2D eigenvalue weighted by atomic mass is 9.92. The first-order valence-electron chi connectivity index (χ1n) is 8.06. The lowest BCUT2D eigenvalue weighted by Crippen LogP contribution is -2.51. The summed E-state index contributed by atoms with van der Waals surface area (Å²) in [6.07, 6.45) is -5.35. The van der Waals surface area contributed by atoms with Crippen molar-refractivity contribution in [3.63, 3.8) is 0 Å². The zero-order chi connectivity index (χ0) is 18.8. The molecule has 1 unspecified atom stereocenters. The largest absolute Gasteiger partial charge is 0.497 e. The zero-order valence-corrected chi connectivity index (χ0v) is 14.8. The third-order valence-electron chi connectivity index (χ3n) is 4.42. The molecule has 0 radical (unpaired) electrons. The molecule has 0 spiro atoms. The summed E-state index contributed by atoms with van der Waals surface area (Å²) in [7, 11) is 1.59. The van der Waals surface area contributed by atoms with Crippen molar-refractivity contribution in [3.8, 4) is 5.75 Å². The first kappa shape index (κ1) is 18.7. The second-order valence-corrected chi connectivity index (χ2v) is 6.57. The van der Waals surface area contributed by atoms with Gasteiger partial charge in [-0.25, -0.2) is 4.79 Å². The van der Waals surface area contributed by atoms with Crippen molar-refractivity contribution < 1.29 is 29.6 Å². The Morgan fingerprint density at radius 3 is 2.42 bits per heavy atom. The Balaban J connectivity index is 1.86. The zero-order valence-electron chi connectivity index (χ0n) is 14.0. The van der Waals surface area contributed by atoms with Crippen LogP contribution in [0.25, 0.3) is 0 Å². The minimum absolute atomic E-state index is 0.490. The molecular weight excluding hydrogens is 360 g/mol. The highest BCUT2D eigenvalue weighted by Gasteiger charge is 2.44. The van der Waals surface area contributed by atoms with Crippen molar-refractivity contribution in [2.45, 2.75) is 30.8 Å². The van der Waals surface area contributed by atoms with Crippen LogP contribution in [0, 0.1) is 0 Å². The molecule has 1 aliphatic heterocycles. The second kappa shape index (κ2) is 7.63. The van der Waals surface area contributed by atoms with Crippen LogP contribution >= 0.6 is 11.6 Å². The molecule has 1 saturated heterocycles. The fraction of sp³-hybridized carbons (Fsp3) is 0.316. The van der Waals surface area contributed by atoms with Gasteiger partial charge in [0.1, 0.15) is 18.0 Å². The van der Waals surface area contributed by atoms with Crippen molar-refractivity contribution in [2.24, 2.45) is 0 Å². The molecule has 2 aromatic carbocycles. The molecule has 0 amide bonds. The molecule has 0 saturated carbocycles. The Morgan fingerprint density at radius 2 is 1.77 bits per heavy atom. The quantitative estimate of drug-likeness (QED) is 0.700. The predicted molar refractivity (Wildman–Crippen MR) is 94.1 cm³/mol. The highest BCUT2D eigenvalue weighted by Crippen LogP contribution is 2.32. The number of halogens is 1. The summed E-state index contributed by atoms with van der Waals surface area (Å²) in [5, 5.41) is 30.0. The Labute approximate surface area is 155 Å². The summed E-state index contributed by atoms with van der Waals surface area (Å²) in [6, 6.07) is 12.5. The topological polar surface area (TPSA) is 96.2 Å². The molecule has 138 valence electrons. The first-order valence-corrected chi connectivity index (χ1v) is 8.44. The Hall–Kier alpha value is -2.12. The predicted octanol–water partition coefficient (Wildman–Crippen LogP) is 1.62. The number of rotatable bonds is 4. The number of aliphatic hydroxyl groups excluding tert-OH is 3. The van der Waals surface area contributed by atoms with E-state index >= 15 is 0 Å². The van der Waals surface area contributed by atoms with Gasteiger partial charge in [0, 0.05) is 5.02 Å². The van der Waals surface area contributed by atoms with Gasteiger partial charge in [0.25, 0.3) is 0 Å². The van der Waals surface area contributed by atoms with Gasteiger partial charge in [-0.05, 0) is 41.3 Å². The van der Waals surface area contributed by atoms with E-state index in [0.717, 1.165) is 16.9 Å². The van der Waals surface area contributed by atoms with Gasteiger partial charge in [-0.2, -0.15) is 0 Å². The van der Waals surface area contributed by atoms with Crippen molar-refractivity contribution in [1.82, 2.24) is 0 Å². The van der Waals surface area contributed by atoms with Gasteiger partial charge in [0.05, 0.1) is 7.11 Å². The van der Waals surface area contributed by atoms with Gasteiger partial charge in [0.15, 0.2) is 12.2 Å². The van der Waals surface area contributed by atoms with Crippen LogP contribution in [-0.2, 0) is 16.0 Å². The monoisotopic (exact) mass is 378 g/mol. The first-order chi connectivity index (χ1) is 12.4. The highest BCUT2D eigenvalue weighted by atomic mass is 35.5. The van der Waals surface area contributed by atoms with Gasteiger partial charge in [0.2, 0.25) is 0 Å². The number of methoxy groups -OCH3 is 1. The van der Waals surface area contributed by atoms with E-state index in [4.69, 9.17) is 21.1 Å². The van der Waals surface area contributed by atoms with Crippen LogP contribution < -0.4 is 4.74 Å². The molecule has 3 N–H and O–H groups in total. The fourth-order valence-electron chi connectivity index (χ4n) is 2.91. The van der Waals surface area contributed by atoms with E-state index in [1.165, 1.54) is 0 Å². The van der Waals surface area contributed by atoms with Crippen LogP contribution in [0.4, 0.5) is 0 Å². The molecule has 6 nitrogen and oxygen atoms in total. The van der Waals surface area contributed by atoms with E-state index < -0.39 is 30.4 Å². The van der Waals surface area contributed by atoms with E-state index in [-0.39, 0.29) is 0 Å². The molecule has 26 heavy (non-hydrogen) atoms. The van der Waals surface area contributed by atoms with Crippen LogP contribution in [0.15, 0.2) is 42.5 Å². The third kappa shape index (κ3) is 3.68. The number of cyclic esters (lactones) is 1. The van der Waals surface area contributed by atoms with E-state index in [2.05, 4.69) is 0 Å². The molecule has 1 aliphatic rings. The summed E-state index contributed by atoms with van der Waals surface area (Å²) in [6.45, 7) is 0. The van der Waals surface area contributed by atoms with E-state index in [0.29, 0.717) is 17.0 Å². The maximum Gasteiger partial charge on any atom is 0.338 e. The summed E-state index contributed by atoms with van der Waals surface area (Å²) in [5.74, 6) is -0.224. The lowest BCUT2D eigenvalue weighted by molar-refractivity contribution is -0.203. The standard InChI is InChI=1S/C19H19ClO6/c1-25-13-5-2-10(3-6-13)8-12-9-11(4-7-14(12)20)18-16(22)15(21)17(23)19(24)26-18/h2-7,9,15-18,21-23H,8H2,1H3/t15?,16-,17+,18+/m1/s1. The molecule has 4 atom stereocenters. The molecule has 3 rings (SSSR count). The molecule has 2 aromatic rings. The Bertz CT molecular complexity index is 791. The number of hydrogen-bond donors (Lipinski definition) is 3. The maximum atomic E-state index is 11.7. The van der Waals surface area contributed by atoms with Gasteiger partial charge in [-0.15, -0.1) is 0 Å². The fourth-order valence-corrected chi connectivity index (χ4v) is 3.09. The van der Waals surface area contributed by atoms with Crippen LogP contribution in [-0.4, -0.2) is 46.7 Å². The average Bonchev–Trinajstić information content (AvgIpc) is 2.65. The highest BCUT2D eigenvalue weighted by molar-refractivity contribution is 6.31. The van der Waals surface area contributed by atoms with E-state index in [9.17, 15) is 20.1 Å². The summed E-state index contributed by atoms with van der Waals surface area (Å²) in [5.41, 5.74) is 2.27. The number of carbonyl (C=O) groups excluding carboxylic acids is 1. The van der Waals surface area contributed by atoms with Crippen molar-refractivity contribution in [1.29, 1.82) is 0 Å². The maximum absolute atomic E-state index is 11.7. The van der Waals surface area contributed by atoms with Crippen LogP contribution in [0.5, 0.6) is 5.75 Å². The van der Waals surface area contributed by atoms with Crippen LogP contribution in [0.2, 0.25) is 5.02 Å². The van der Waals surface area contributed by atoms with Crippen LogP contribution in [0.3, 0.4) is 0 Å². The van der Waals surface area contributed by atoms with Crippen molar-refractivity contribution in [3.05, 3.63) is 64.2 Å². The number of benzene rings is 2.